The second-order valence-corrected chi connectivity index (χ2v) is 5.07. The van der Waals surface area contributed by atoms with E-state index in [0.717, 1.165) is 29.0 Å². The van der Waals surface area contributed by atoms with Gasteiger partial charge in [0.1, 0.15) is 11.5 Å². The molecule has 0 aliphatic rings. The van der Waals surface area contributed by atoms with E-state index in [-0.39, 0.29) is 5.82 Å². The van der Waals surface area contributed by atoms with Crippen molar-refractivity contribution in [2.75, 3.05) is 6.54 Å². The number of imidazole rings is 1. The van der Waals surface area contributed by atoms with Gasteiger partial charge in [-0.15, -0.1) is 0 Å². The van der Waals surface area contributed by atoms with Gasteiger partial charge in [0.15, 0.2) is 0 Å². The molecule has 0 aliphatic carbocycles. The van der Waals surface area contributed by atoms with E-state index in [4.69, 9.17) is 5.73 Å². The third-order valence-corrected chi connectivity index (χ3v) is 3.70. The van der Waals surface area contributed by atoms with E-state index in [0.29, 0.717) is 13.0 Å². The molecule has 0 bridgehead atoms. The van der Waals surface area contributed by atoms with Crippen molar-refractivity contribution in [1.82, 2.24) is 9.38 Å². The van der Waals surface area contributed by atoms with Gasteiger partial charge in [0, 0.05) is 18.2 Å². The summed E-state index contributed by atoms with van der Waals surface area (Å²) in [6.07, 6.45) is 3.14. The third kappa shape index (κ3) is 2.54. The van der Waals surface area contributed by atoms with Crippen molar-refractivity contribution in [3.8, 4) is 11.3 Å². The molecule has 3 nitrogen and oxygen atoms in total. The molecule has 2 N–H and O–H groups in total. The number of aromatic nitrogens is 2. The molecule has 0 atom stereocenters. The first-order valence-electron chi connectivity index (χ1n) is 7.18. The van der Waals surface area contributed by atoms with Crippen molar-refractivity contribution in [2.45, 2.75) is 19.8 Å². The zero-order chi connectivity index (χ0) is 14.8. The van der Waals surface area contributed by atoms with Gasteiger partial charge in [0.2, 0.25) is 0 Å². The second kappa shape index (κ2) is 5.66. The monoisotopic (exact) mass is 283 g/mol. The molecule has 3 rings (SSSR count). The van der Waals surface area contributed by atoms with Crippen molar-refractivity contribution in [3.05, 3.63) is 59.7 Å². The van der Waals surface area contributed by atoms with Crippen LogP contribution >= 0.6 is 0 Å². The van der Waals surface area contributed by atoms with E-state index in [1.165, 1.54) is 17.8 Å². The van der Waals surface area contributed by atoms with Crippen molar-refractivity contribution < 1.29 is 4.39 Å². The molecule has 0 saturated heterocycles. The van der Waals surface area contributed by atoms with E-state index in [1.54, 1.807) is 10.5 Å². The lowest BCUT2D eigenvalue weighted by Gasteiger charge is -2.05. The van der Waals surface area contributed by atoms with Crippen LogP contribution in [0.15, 0.2) is 42.6 Å². The van der Waals surface area contributed by atoms with Crippen LogP contribution in [-0.4, -0.2) is 15.9 Å². The highest BCUT2D eigenvalue weighted by Gasteiger charge is 2.13. The molecule has 0 spiro atoms. The van der Waals surface area contributed by atoms with Crippen molar-refractivity contribution >= 4 is 5.65 Å². The summed E-state index contributed by atoms with van der Waals surface area (Å²) in [5.74, 6) is -0.272. The molecule has 0 radical (unpaired) electrons. The summed E-state index contributed by atoms with van der Waals surface area (Å²) < 4.78 is 15.3. The number of nitrogens with two attached hydrogens (primary N) is 1. The fraction of sp³-hybridized carbons (Fsp3) is 0.235. The van der Waals surface area contributed by atoms with Crippen LogP contribution in [0.4, 0.5) is 4.39 Å². The number of pyridine rings is 1. The Labute approximate surface area is 123 Å². The van der Waals surface area contributed by atoms with Gasteiger partial charge >= 0.3 is 0 Å². The summed E-state index contributed by atoms with van der Waals surface area (Å²) in [5, 5.41) is 0. The summed E-state index contributed by atoms with van der Waals surface area (Å²) in [4.78, 5) is 4.64. The first-order chi connectivity index (χ1) is 10.2. The average Bonchev–Trinajstić information content (AvgIpc) is 2.86. The number of fused-ring (bicyclic) bond motifs is 1. The quantitative estimate of drug-likeness (QED) is 0.799. The third-order valence-electron chi connectivity index (χ3n) is 3.70. The summed E-state index contributed by atoms with van der Waals surface area (Å²) in [7, 11) is 0. The Morgan fingerprint density at radius 1 is 1.14 bits per heavy atom. The topological polar surface area (TPSA) is 43.3 Å². The second-order valence-electron chi connectivity index (χ2n) is 5.07. The lowest BCUT2D eigenvalue weighted by molar-refractivity contribution is 0.617. The maximum atomic E-state index is 13.5. The maximum Gasteiger partial charge on any atom is 0.139 e. The van der Waals surface area contributed by atoms with Crippen LogP contribution in [-0.2, 0) is 12.8 Å². The summed E-state index contributed by atoms with van der Waals surface area (Å²) in [6, 6.07) is 11.5. The molecule has 108 valence electrons. The molecule has 0 aliphatic heterocycles. The molecule has 0 unspecified atom stereocenters. The van der Waals surface area contributed by atoms with Gasteiger partial charge in [-0.05, 0) is 30.7 Å². The van der Waals surface area contributed by atoms with Gasteiger partial charge in [0.05, 0.1) is 11.4 Å². The largest absolute Gasteiger partial charge is 0.330 e. The minimum atomic E-state index is -0.272. The van der Waals surface area contributed by atoms with Gasteiger partial charge in [0.25, 0.3) is 0 Å². The van der Waals surface area contributed by atoms with Crippen molar-refractivity contribution in [2.24, 2.45) is 5.73 Å². The molecule has 1 aromatic carbocycles. The van der Waals surface area contributed by atoms with Gasteiger partial charge < -0.3 is 10.1 Å². The van der Waals surface area contributed by atoms with Gasteiger partial charge in [-0.2, -0.15) is 0 Å². The summed E-state index contributed by atoms with van der Waals surface area (Å²) in [5.41, 5.74) is 10.6. The van der Waals surface area contributed by atoms with E-state index in [9.17, 15) is 4.39 Å². The summed E-state index contributed by atoms with van der Waals surface area (Å²) >= 11 is 0. The van der Waals surface area contributed by atoms with Crippen LogP contribution in [0.2, 0.25) is 0 Å². The minimum Gasteiger partial charge on any atom is -0.330 e. The molecule has 0 amide bonds. The molecule has 3 aromatic rings. The fourth-order valence-corrected chi connectivity index (χ4v) is 2.57. The van der Waals surface area contributed by atoms with Gasteiger partial charge in [-0.1, -0.05) is 31.2 Å². The molecular formula is C17H18FN3. The van der Waals surface area contributed by atoms with E-state index < -0.39 is 0 Å². The van der Waals surface area contributed by atoms with E-state index in [1.807, 2.05) is 0 Å². The Morgan fingerprint density at radius 3 is 2.57 bits per heavy atom. The van der Waals surface area contributed by atoms with Crippen LogP contribution < -0.4 is 5.73 Å². The molecule has 0 fully saturated rings. The van der Waals surface area contributed by atoms with Crippen LogP contribution in [0, 0.1) is 5.82 Å². The Kier molecular flexibility index (Phi) is 3.71. The molecule has 4 heteroatoms. The molecule has 2 heterocycles. The number of benzene rings is 1. The molecular weight excluding hydrogens is 265 g/mol. The first-order valence-corrected chi connectivity index (χ1v) is 7.18. The standard InChI is InChI=1S/C17H18FN3/c1-2-12-3-5-13(6-4-12)17-15(9-10-19)21-11-14(18)7-8-16(21)20-17/h3-8,11H,2,9-10,19H2,1H3. The van der Waals surface area contributed by atoms with Crippen LogP contribution in [0.1, 0.15) is 18.2 Å². The number of aryl methyl sites for hydroxylation is 1. The average molecular weight is 283 g/mol. The Morgan fingerprint density at radius 2 is 1.90 bits per heavy atom. The fourth-order valence-electron chi connectivity index (χ4n) is 2.57. The zero-order valence-corrected chi connectivity index (χ0v) is 12.0. The first kappa shape index (κ1) is 13.8. The highest BCUT2D eigenvalue weighted by Crippen LogP contribution is 2.25. The Bertz CT molecular complexity index is 760. The molecule has 0 saturated carbocycles. The normalized spacial score (nSPS) is 11.2. The van der Waals surface area contributed by atoms with Crippen LogP contribution in [0.3, 0.4) is 0 Å². The van der Waals surface area contributed by atoms with E-state index in [2.05, 4.69) is 36.2 Å². The predicted molar refractivity (Wildman–Crippen MR) is 82.7 cm³/mol. The predicted octanol–water partition coefficient (Wildman–Crippen LogP) is 3.20. The maximum absolute atomic E-state index is 13.5. The van der Waals surface area contributed by atoms with Crippen molar-refractivity contribution in [1.29, 1.82) is 0 Å². The van der Waals surface area contributed by atoms with Crippen LogP contribution in [0.5, 0.6) is 0 Å². The lowest BCUT2D eigenvalue weighted by Crippen LogP contribution is -2.06. The number of hydrogen-bond donors (Lipinski definition) is 1. The highest BCUT2D eigenvalue weighted by atomic mass is 19.1. The number of rotatable bonds is 4. The van der Waals surface area contributed by atoms with Gasteiger partial charge in [-0.25, -0.2) is 9.37 Å². The minimum absolute atomic E-state index is 0.272. The molecule has 2 aromatic heterocycles. The number of halogens is 1. The Hall–Kier alpha value is -2.20. The van der Waals surface area contributed by atoms with Gasteiger partial charge in [-0.3, -0.25) is 0 Å². The highest BCUT2D eigenvalue weighted by molar-refractivity contribution is 5.67. The van der Waals surface area contributed by atoms with Crippen molar-refractivity contribution in [3.63, 3.8) is 0 Å². The zero-order valence-electron chi connectivity index (χ0n) is 12.0. The Balaban J connectivity index is 2.17. The SMILES string of the molecule is CCc1ccc(-c2nc3ccc(F)cn3c2CCN)cc1. The molecule has 21 heavy (non-hydrogen) atoms. The number of nitrogens with zero attached hydrogens (tertiary/aromatic N) is 2. The van der Waals surface area contributed by atoms with Crippen LogP contribution in [0.25, 0.3) is 16.9 Å². The number of hydrogen-bond acceptors (Lipinski definition) is 2. The smallest absolute Gasteiger partial charge is 0.139 e. The lowest BCUT2D eigenvalue weighted by atomic mass is 10.1. The van der Waals surface area contributed by atoms with E-state index >= 15 is 0 Å². The summed E-state index contributed by atoms with van der Waals surface area (Å²) in [6.45, 7) is 2.63.